The lowest BCUT2D eigenvalue weighted by Gasteiger charge is -2.32. The average molecular weight is 356 g/mol. The SMILES string of the molecule is COc1cccc(-c2cn3c(C(=O)N4CCN(C)CC4)csc3n2)c1. The Labute approximate surface area is 150 Å². The summed E-state index contributed by atoms with van der Waals surface area (Å²) in [6.45, 7) is 3.37. The normalized spacial score (nSPS) is 15.7. The summed E-state index contributed by atoms with van der Waals surface area (Å²) in [7, 11) is 3.73. The van der Waals surface area contributed by atoms with Crippen LogP contribution in [0.4, 0.5) is 0 Å². The third kappa shape index (κ3) is 3.01. The molecule has 0 N–H and O–H groups in total. The molecule has 0 aliphatic carbocycles. The van der Waals surface area contributed by atoms with Crippen molar-refractivity contribution in [3.05, 3.63) is 41.5 Å². The monoisotopic (exact) mass is 356 g/mol. The first kappa shape index (κ1) is 16.1. The van der Waals surface area contributed by atoms with Crippen LogP contribution in [0.2, 0.25) is 0 Å². The number of hydrogen-bond acceptors (Lipinski definition) is 5. The van der Waals surface area contributed by atoms with Crippen molar-refractivity contribution in [2.45, 2.75) is 0 Å². The van der Waals surface area contributed by atoms with Gasteiger partial charge in [0.05, 0.1) is 12.8 Å². The fourth-order valence-electron chi connectivity index (χ4n) is 3.03. The van der Waals surface area contributed by atoms with E-state index in [2.05, 4.69) is 16.9 Å². The van der Waals surface area contributed by atoms with E-state index in [1.54, 1.807) is 7.11 Å². The van der Waals surface area contributed by atoms with Gasteiger partial charge in [-0.15, -0.1) is 11.3 Å². The number of carbonyl (C=O) groups excluding carboxylic acids is 1. The Kier molecular flexibility index (Phi) is 4.19. The summed E-state index contributed by atoms with van der Waals surface area (Å²) < 4.78 is 7.19. The molecule has 3 aromatic rings. The van der Waals surface area contributed by atoms with Crippen LogP contribution >= 0.6 is 11.3 Å². The molecular weight excluding hydrogens is 336 g/mol. The summed E-state index contributed by atoms with van der Waals surface area (Å²) in [4.78, 5) is 22.5. The first-order valence-electron chi connectivity index (χ1n) is 8.24. The van der Waals surface area contributed by atoms with Gasteiger partial charge in [0.15, 0.2) is 4.96 Å². The van der Waals surface area contributed by atoms with E-state index in [0.717, 1.165) is 48.1 Å². The number of rotatable bonds is 3. The fraction of sp³-hybridized carbons (Fsp3) is 0.333. The molecule has 1 fully saturated rings. The average Bonchev–Trinajstić information content (AvgIpc) is 3.22. The van der Waals surface area contributed by atoms with Crippen LogP contribution < -0.4 is 4.74 Å². The van der Waals surface area contributed by atoms with Gasteiger partial charge in [-0.2, -0.15) is 0 Å². The predicted molar refractivity (Wildman–Crippen MR) is 98.5 cm³/mol. The van der Waals surface area contributed by atoms with Crippen LogP contribution in [0, 0.1) is 0 Å². The highest BCUT2D eigenvalue weighted by molar-refractivity contribution is 7.15. The van der Waals surface area contributed by atoms with E-state index in [9.17, 15) is 4.79 Å². The minimum absolute atomic E-state index is 0.0777. The van der Waals surface area contributed by atoms with Crippen LogP contribution in [-0.2, 0) is 0 Å². The Morgan fingerprint density at radius 1 is 1.24 bits per heavy atom. The molecular formula is C18H20N4O2S. The summed E-state index contributed by atoms with van der Waals surface area (Å²) in [5.41, 5.74) is 2.51. The van der Waals surface area contributed by atoms with Gasteiger partial charge in [0.2, 0.25) is 0 Å². The van der Waals surface area contributed by atoms with Gasteiger partial charge < -0.3 is 14.5 Å². The second-order valence-electron chi connectivity index (χ2n) is 6.23. The zero-order valence-electron chi connectivity index (χ0n) is 14.3. The third-order valence-electron chi connectivity index (χ3n) is 4.58. The largest absolute Gasteiger partial charge is 0.497 e. The number of methoxy groups -OCH3 is 1. The Hall–Kier alpha value is -2.38. The maximum Gasteiger partial charge on any atom is 0.271 e. The number of imidazole rings is 1. The zero-order valence-corrected chi connectivity index (χ0v) is 15.1. The van der Waals surface area contributed by atoms with Crippen molar-refractivity contribution in [2.75, 3.05) is 40.3 Å². The standard InChI is InChI=1S/C18H20N4O2S/c1-20-6-8-21(9-7-20)17(23)16-12-25-18-19-15(11-22(16)18)13-4-3-5-14(10-13)24-2/h3-5,10-12H,6-9H2,1-2H3. The van der Waals surface area contributed by atoms with Gasteiger partial charge in [0.25, 0.3) is 5.91 Å². The number of thiazole rings is 1. The van der Waals surface area contributed by atoms with E-state index < -0.39 is 0 Å². The van der Waals surface area contributed by atoms with Crippen LogP contribution in [0.25, 0.3) is 16.2 Å². The Bertz CT molecular complexity index is 909. The van der Waals surface area contributed by atoms with Crippen molar-refractivity contribution in [3.8, 4) is 17.0 Å². The predicted octanol–water partition coefficient (Wildman–Crippen LogP) is 2.46. The van der Waals surface area contributed by atoms with Gasteiger partial charge in [-0.05, 0) is 19.2 Å². The number of aromatic nitrogens is 2. The molecule has 130 valence electrons. The van der Waals surface area contributed by atoms with Gasteiger partial charge in [0.1, 0.15) is 11.4 Å². The lowest BCUT2D eigenvalue weighted by atomic mass is 10.1. The van der Waals surface area contributed by atoms with Gasteiger partial charge in [-0.1, -0.05) is 12.1 Å². The van der Waals surface area contributed by atoms with Crippen molar-refractivity contribution in [2.24, 2.45) is 0 Å². The highest BCUT2D eigenvalue weighted by Gasteiger charge is 2.23. The highest BCUT2D eigenvalue weighted by atomic mass is 32.1. The van der Waals surface area contributed by atoms with Crippen molar-refractivity contribution < 1.29 is 9.53 Å². The fourth-order valence-corrected chi connectivity index (χ4v) is 3.88. The summed E-state index contributed by atoms with van der Waals surface area (Å²) in [5.74, 6) is 0.872. The number of nitrogens with zero attached hydrogens (tertiary/aromatic N) is 4. The molecule has 1 saturated heterocycles. The minimum atomic E-state index is 0.0777. The number of carbonyl (C=O) groups is 1. The third-order valence-corrected chi connectivity index (χ3v) is 5.42. The number of amides is 1. The van der Waals surface area contributed by atoms with Crippen LogP contribution in [0.3, 0.4) is 0 Å². The van der Waals surface area contributed by atoms with Crippen molar-refractivity contribution in [1.29, 1.82) is 0 Å². The molecule has 0 unspecified atom stereocenters. The summed E-state index contributed by atoms with van der Waals surface area (Å²) in [5, 5.41) is 1.90. The molecule has 7 heteroatoms. The van der Waals surface area contributed by atoms with E-state index in [0.29, 0.717) is 5.69 Å². The van der Waals surface area contributed by atoms with Crippen LogP contribution in [0.1, 0.15) is 10.5 Å². The molecule has 4 rings (SSSR count). The Morgan fingerprint density at radius 3 is 2.80 bits per heavy atom. The van der Waals surface area contributed by atoms with E-state index >= 15 is 0 Å². The summed E-state index contributed by atoms with van der Waals surface area (Å²) >= 11 is 1.49. The number of ether oxygens (including phenoxy) is 1. The smallest absolute Gasteiger partial charge is 0.271 e. The molecule has 1 amide bonds. The first-order valence-corrected chi connectivity index (χ1v) is 9.12. The molecule has 0 bridgehead atoms. The molecule has 6 nitrogen and oxygen atoms in total. The molecule has 0 spiro atoms. The number of hydrogen-bond donors (Lipinski definition) is 0. The van der Waals surface area contributed by atoms with Crippen molar-refractivity contribution in [3.63, 3.8) is 0 Å². The van der Waals surface area contributed by atoms with E-state index in [4.69, 9.17) is 4.74 Å². The first-order chi connectivity index (χ1) is 12.2. The lowest BCUT2D eigenvalue weighted by molar-refractivity contribution is 0.0657. The van der Waals surface area contributed by atoms with Crippen LogP contribution in [-0.4, -0.2) is 65.4 Å². The number of piperazine rings is 1. The molecule has 25 heavy (non-hydrogen) atoms. The summed E-state index contributed by atoms with van der Waals surface area (Å²) in [6, 6.07) is 7.80. The second-order valence-corrected chi connectivity index (χ2v) is 7.06. The molecule has 0 atom stereocenters. The molecule has 1 aliphatic rings. The topological polar surface area (TPSA) is 50.1 Å². The maximum atomic E-state index is 12.9. The quantitative estimate of drug-likeness (QED) is 0.723. The van der Waals surface area contributed by atoms with Crippen molar-refractivity contribution >= 4 is 22.2 Å². The van der Waals surface area contributed by atoms with Gasteiger partial charge >= 0.3 is 0 Å². The second kappa shape index (κ2) is 6.50. The number of benzene rings is 1. The maximum absolute atomic E-state index is 12.9. The van der Waals surface area contributed by atoms with Crippen LogP contribution in [0.15, 0.2) is 35.8 Å². The highest BCUT2D eigenvalue weighted by Crippen LogP contribution is 2.26. The number of fused-ring (bicyclic) bond motifs is 1. The lowest BCUT2D eigenvalue weighted by Crippen LogP contribution is -2.47. The van der Waals surface area contributed by atoms with E-state index in [-0.39, 0.29) is 5.91 Å². The molecule has 2 aromatic heterocycles. The minimum Gasteiger partial charge on any atom is -0.497 e. The van der Waals surface area contributed by atoms with Crippen LogP contribution in [0.5, 0.6) is 5.75 Å². The summed E-state index contributed by atoms with van der Waals surface area (Å²) in [6.07, 6.45) is 1.93. The van der Waals surface area contributed by atoms with Gasteiger partial charge in [0, 0.05) is 43.3 Å². The van der Waals surface area contributed by atoms with E-state index in [1.165, 1.54) is 11.3 Å². The Balaban J connectivity index is 1.65. The molecule has 3 heterocycles. The van der Waals surface area contributed by atoms with Crippen molar-refractivity contribution in [1.82, 2.24) is 19.2 Å². The van der Waals surface area contributed by atoms with Gasteiger partial charge in [-0.25, -0.2) is 4.98 Å². The zero-order chi connectivity index (χ0) is 17.4. The molecule has 0 radical (unpaired) electrons. The molecule has 1 aliphatic heterocycles. The number of likely N-dealkylation sites (N-methyl/N-ethyl adjacent to an activating group) is 1. The molecule has 0 saturated carbocycles. The van der Waals surface area contributed by atoms with E-state index in [1.807, 2.05) is 45.1 Å². The molecule has 1 aromatic carbocycles. The Morgan fingerprint density at radius 2 is 2.04 bits per heavy atom. The van der Waals surface area contributed by atoms with Gasteiger partial charge in [-0.3, -0.25) is 9.20 Å².